The van der Waals surface area contributed by atoms with E-state index >= 15 is 0 Å². The lowest BCUT2D eigenvalue weighted by atomic mass is 10.1. The number of hydrogen-bond acceptors (Lipinski definition) is 6. The van der Waals surface area contributed by atoms with Crippen LogP contribution in [0.4, 0.5) is 23.1 Å². The van der Waals surface area contributed by atoms with Crippen LogP contribution in [-0.4, -0.2) is 28.0 Å². The van der Waals surface area contributed by atoms with Crippen molar-refractivity contribution in [3.8, 4) is 0 Å². The summed E-state index contributed by atoms with van der Waals surface area (Å²) in [7, 11) is 0. The third-order valence-electron chi connectivity index (χ3n) is 4.57. The van der Waals surface area contributed by atoms with Gasteiger partial charge in [-0.25, -0.2) is 4.98 Å². The van der Waals surface area contributed by atoms with Gasteiger partial charge in [-0.05, 0) is 43.5 Å². The van der Waals surface area contributed by atoms with Crippen LogP contribution >= 0.6 is 0 Å². The molecule has 1 N–H and O–H groups in total. The lowest BCUT2D eigenvalue weighted by molar-refractivity contribution is -0.384. The number of para-hydroxylation sites is 1. The highest BCUT2D eigenvalue weighted by molar-refractivity contribution is 5.91. The van der Waals surface area contributed by atoms with Gasteiger partial charge in [-0.2, -0.15) is 4.98 Å². The smallest absolute Gasteiger partial charge is 0.269 e. The van der Waals surface area contributed by atoms with Crippen LogP contribution in [0.3, 0.4) is 0 Å². The summed E-state index contributed by atoms with van der Waals surface area (Å²) in [6.45, 7) is 1.94. The fourth-order valence-electron chi connectivity index (χ4n) is 3.20. The number of nitrogens with one attached hydrogen (secondary N) is 1. The summed E-state index contributed by atoms with van der Waals surface area (Å²) in [5.41, 5.74) is 1.70. The van der Waals surface area contributed by atoms with Crippen LogP contribution in [0.15, 0.2) is 48.5 Å². The van der Waals surface area contributed by atoms with Gasteiger partial charge in [-0.15, -0.1) is 0 Å². The molecule has 0 atom stereocenters. The molecule has 1 aromatic heterocycles. The minimum Gasteiger partial charge on any atom is -0.341 e. The molecule has 7 nitrogen and oxygen atoms in total. The molecule has 0 amide bonds. The normalized spacial score (nSPS) is 14.4. The van der Waals surface area contributed by atoms with Crippen molar-refractivity contribution in [2.24, 2.45) is 0 Å². The molecule has 4 rings (SSSR count). The molecule has 26 heavy (non-hydrogen) atoms. The summed E-state index contributed by atoms with van der Waals surface area (Å²) in [4.78, 5) is 22.1. The Morgan fingerprint density at radius 2 is 1.69 bits per heavy atom. The zero-order valence-electron chi connectivity index (χ0n) is 14.3. The lowest BCUT2D eigenvalue weighted by Gasteiger charge is -2.27. The number of benzene rings is 2. The quantitative estimate of drug-likeness (QED) is 0.559. The van der Waals surface area contributed by atoms with Gasteiger partial charge in [0.2, 0.25) is 5.95 Å². The zero-order valence-corrected chi connectivity index (χ0v) is 14.3. The predicted molar refractivity (Wildman–Crippen MR) is 102 cm³/mol. The molecule has 0 spiro atoms. The van der Waals surface area contributed by atoms with Crippen LogP contribution in [-0.2, 0) is 0 Å². The number of nitrogens with zero attached hydrogens (tertiary/aromatic N) is 4. The average Bonchev–Trinajstić information content (AvgIpc) is 2.69. The number of nitro benzene ring substituents is 1. The van der Waals surface area contributed by atoms with Crippen molar-refractivity contribution >= 4 is 34.0 Å². The van der Waals surface area contributed by atoms with Gasteiger partial charge >= 0.3 is 0 Å². The Kier molecular flexibility index (Phi) is 4.35. The molecule has 3 aromatic rings. The number of aromatic nitrogens is 2. The molecular weight excluding hydrogens is 330 g/mol. The Morgan fingerprint density at radius 1 is 0.962 bits per heavy atom. The molecule has 7 heteroatoms. The van der Waals surface area contributed by atoms with E-state index in [2.05, 4.69) is 10.2 Å². The number of hydrogen-bond donors (Lipinski definition) is 1. The highest BCUT2D eigenvalue weighted by atomic mass is 16.6. The third kappa shape index (κ3) is 3.28. The minimum atomic E-state index is -0.404. The Hall–Kier alpha value is -3.22. The van der Waals surface area contributed by atoms with Gasteiger partial charge in [-0.1, -0.05) is 12.1 Å². The lowest BCUT2D eigenvalue weighted by Crippen LogP contribution is -2.31. The zero-order chi connectivity index (χ0) is 17.9. The van der Waals surface area contributed by atoms with Gasteiger partial charge in [0.05, 0.1) is 10.4 Å². The molecule has 2 heterocycles. The number of anilines is 3. The monoisotopic (exact) mass is 349 g/mol. The molecule has 132 valence electrons. The Bertz CT molecular complexity index is 936. The second kappa shape index (κ2) is 6.95. The van der Waals surface area contributed by atoms with Crippen molar-refractivity contribution in [2.75, 3.05) is 23.3 Å². The predicted octanol–water partition coefficient (Wildman–Crippen LogP) is 4.27. The Morgan fingerprint density at radius 3 is 2.42 bits per heavy atom. The van der Waals surface area contributed by atoms with Crippen LogP contribution in [0.1, 0.15) is 19.3 Å². The molecule has 1 fully saturated rings. The molecule has 0 unspecified atom stereocenters. The highest BCUT2D eigenvalue weighted by Gasteiger charge is 2.16. The SMILES string of the molecule is O=[N+]([O-])c1ccc(Nc2nc(N3CCCCC3)nc3ccccc23)cc1. The number of nitro groups is 1. The molecule has 0 saturated carbocycles. The van der Waals surface area contributed by atoms with Crippen LogP contribution in [0.2, 0.25) is 0 Å². The maximum atomic E-state index is 10.8. The fraction of sp³-hybridized carbons (Fsp3) is 0.263. The molecule has 0 radical (unpaired) electrons. The topological polar surface area (TPSA) is 84.2 Å². The molecule has 0 bridgehead atoms. The number of non-ortho nitro benzene ring substituents is 1. The van der Waals surface area contributed by atoms with Crippen molar-refractivity contribution in [1.29, 1.82) is 0 Å². The van der Waals surface area contributed by atoms with E-state index in [1.165, 1.54) is 18.6 Å². The van der Waals surface area contributed by atoms with Crippen molar-refractivity contribution in [2.45, 2.75) is 19.3 Å². The van der Waals surface area contributed by atoms with Gasteiger partial charge in [0, 0.05) is 36.3 Å². The van der Waals surface area contributed by atoms with Crippen molar-refractivity contribution in [3.05, 3.63) is 58.6 Å². The van der Waals surface area contributed by atoms with E-state index in [1.54, 1.807) is 12.1 Å². The van der Waals surface area contributed by atoms with Gasteiger partial charge in [0.15, 0.2) is 0 Å². The Balaban J connectivity index is 1.71. The second-order valence-corrected chi connectivity index (χ2v) is 6.37. The average molecular weight is 349 g/mol. The van der Waals surface area contributed by atoms with Gasteiger partial charge in [0.25, 0.3) is 5.69 Å². The Labute approximate surface area is 150 Å². The molecule has 1 aliphatic rings. The first-order valence-electron chi connectivity index (χ1n) is 8.74. The maximum absolute atomic E-state index is 10.8. The largest absolute Gasteiger partial charge is 0.341 e. The summed E-state index contributed by atoms with van der Waals surface area (Å²) >= 11 is 0. The molecule has 1 aliphatic heterocycles. The number of piperidine rings is 1. The van der Waals surface area contributed by atoms with Crippen molar-refractivity contribution < 1.29 is 4.92 Å². The summed E-state index contributed by atoms with van der Waals surface area (Å²) in [5, 5.41) is 15.0. The van der Waals surface area contributed by atoms with E-state index in [-0.39, 0.29) is 5.69 Å². The van der Waals surface area contributed by atoms with Crippen LogP contribution in [0.25, 0.3) is 10.9 Å². The van der Waals surface area contributed by atoms with Gasteiger partial charge < -0.3 is 10.2 Å². The number of rotatable bonds is 4. The molecule has 1 saturated heterocycles. The number of fused-ring (bicyclic) bond motifs is 1. The van der Waals surface area contributed by atoms with E-state index in [1.807, 2.05) is 24.3 Å². The van der Waals surface area contributed by atoms with Crippen LogP contribution < -0.4 is 10.2 Å². The van der Waals surface area contributed by atoms with Crippen molar-refractivity contribution in [1.82, 2.24) is 9.97 Å². The highest BCUT2D eigenvalue weighted by Crippen LogP contribution is 2.28. The summed E-state index contributed by atoms with van der Waals surface area (Å²) < 4.78 is 0. The van der Waals surface area contributed by atoms with Crippen LogP contribution in [0.5, 0.6) is 0 Å². The first-order chi connectivity index (χ1) is 12.7. The van der Waals surface area contributed by atoms with E-state index in [0.717, 1.165) is 48.5 Å². The van der Waals surface area contributed by atoms with E-state index in [4.69, 9.17) is 9.97 Å². The van der Waals surface area contributed by atoms with Gasteiger partial charge in [0.1, 0.15) is 5.82 Å². The second-order valence-electron chi connectivity index (χ2n) is 6.37. The van der Waals surface area contributed by atoms with Crippen LogP contribution in [0, 0.1) is 10.1 Å². The third-order valence-corrected chi connectivity index (χ3v) is 4.57. The minimum absolute atomic E-state index is 0.0668. The summed E-state index contributed by atoms with van der Waals surface area (Å²) in [6, 6.07) is 14.2. The maximum Gasteiger partial charge on any atom is 0.269 e. The summed E-state index contributed by atoms with van der Waals surface area (Å²) in [6.07, 6.45) is 3.56. The first kappa shape index (κ1) is 16.3. The summed E-state index contributed by atoms with van der Waals surface area (Å²) in [5.74, 6) is 1.44. The van der Waals surface area contributed by atoms with Crippen molar-refractivity contribution in [3.63, 3.8) is 0 Å². The molecular formula is C19H19N5O2. The molecule has 0 aliphatic carbocycles. The fourth-order valence-corrected chi connectivity index (χ4v) is 3.20. The van der Waals surface area contributed by atoms with Gasteiger partial charge in [-0.3, -0.25) is 10.1 Å². The van der Waals surface area contributed by atoms with E-state index in [9.17, 15) is 10.1 Å². The van der Waals surface area contributed by atoms with E-state index in [0.29, 0.717) is 5.82 Å². The first-order valence-corrected chi connectivity index (χ1v) is 8.74. The standard InChI is InChI=1S/C19H19N5O2/c25-24(26)15-10-8-14(9-11-15)20-18-16-6-2-3-7-17(16)21-19(22-18)23-12-4-1-5-13-23/h2-3,6-11H,1,4-5,12-13H2,(H,20,21,22). The van der Waals surface area contributed by atoms with E-state index < -0.39 is 4.92 Å². The molecule has 2 aromatic carbocycles.